The van der Waals surface area contributed by atoms with E-state index in [1.54, 1.807) is 0 Å². The van der Waals surface area contributed by atoms with Crippen molar-refractivity contribution in [1.82, 2.24) is 5.32 Å². The summed E-state index contributed by atoms with van der Waals surface area (Å²) in [7, 11) is 2.14. The van der Waals surface area contributed by atoms with E-state index in [-0.39, 0.29) is 0 Å². The fourth-order valence-corrected chi connectivity index (χ4v) is 4.94. The highest BCUT2D eigenvalue weighted by atomic mass is 16.5. The number of rotatable bonds is 3. The molecule has 2 heteroatoms. The van der Waals surface area contributed by atoms with Crippen molar-refractivity contribution < 1.29 is 4.74 Å². The first-order chi connectivity index (χ1) is 9.80. The smallest absolute Gasteiger partial charge is 0.0687 e. The molecule has 2 nitrogen and oxygen atoms in total. The second-order valence-electron chi connectivity index (χ2n) is 7.63. The fourth-order valence-electron chi connectivity index (χ4n) is 4.94. The molecule has 0 aromatic rings. The first-order valence-corrected chi connectivity index (χ1v) is 9.15. The maximum atomic E-state index is 6.58. The Bertz CT molecular complexity index is 298. The minimum atomic E-state index is 0.316. The summed E-state index contributed by atoms with van der Waals surface area (Å²) in [4.78, 5) is 0. The third-order valence-electron chi connectivity index (χ3n) is 6.14. The molecular weight excluding hydrogens is 246 g/mol. The van der Waals surface area contributed by atoms with Crippen LogP contribution in [0.25, 0.3) is 0 Å². The van der Waals surface area contributed by atoms with Crippen LogP contribution in [0.2, 0.25) is 0 Å². The normalized spacial score (nSPS) is 38.0. The Morgan fingerprint density at radius 2 is 1.75 bits per heavy atom. The maximum absolute atomic E-state index is 6.58. The molecule has 1 N–H and O–H groups in total. The summed E-state index contributed by atoms with van der Waals surface area (Å²) in [6.07, 6.45) is 18.5. The molecular formula is C18H33NO. The number of ether oxygens (including phenoxy) is 1. The fraction of sp³-hybridized carbons (Fsp3) is 1.00. The lowest BCUT2D eigenvalue weighted by atomic mass is 9.83. The Balaban J connectivity index is 1.50. The van der Waals surface area contributed by atoms with Crippen LogP contribution in [0, 0.1) is 5.92 Å². The average Bonchev–Trinajstić information content (AvgIpc) is 2.71. The van der Waals surface area contributed by atoms with Crippen molar-refractivity contribution in [2.45, 2.75) is 101 Å². The molecule has 2 aliphatic carbocycles. The molecule has 3 fully saturated rings. The number of hydrogen-bond acceptors (Lipinski definition) is 2. The van der Waals surface area contributed by atoms with Crippen LogP contribution in [0.4, 0.5) is 0 Å². The van der Waals surface area contributed by atoms with Crippen molar-refractivity contribution in [2.24, 2.45) is 5.92 Å². The summed E-state index contributed by atoms with van der Waals surface area (Å²) >= 11 is 0. The van der Waals surface area contributed by atoms with Crippen molar-refractivity contribution in [1.29, 1.82) is 0 Å². The quantitative estimate of drug-likeness (QED) is 0.772. The SMILES string of the molecule is CNC1CCCCC(CC2CCC3(CCCCC3)O2)C1. The van der Waals surface area contributed by atoms with Gasteiger partial charge in [-0.3, -0.25) is 0 Å². The molecule has 3 atom stereocenters. The average molecular weight is 279 g/mol. The van der Waals surface area contributed by atoms with Crippen molar-refractivity contribution in [3.8, 4) is 0 Å². The maximum Gasteiger partial charge on any atom is 0.0687 e. The summed E-state index contributed by atoms with van der Waals surface area (Å²) in [6, 6.07) is 0.757. The molecule has 0 aromatic heterocycles. The lowest BCUT2D eigenvalue weighted by Gasteiger charge is -2.34. The standard InChI is InChI=1S/C18H33NO/c1-19-16-8-4-3-7-15(13-16)14-17-9-12-18(20-17)10-5-2-6-11-18/h15-17,19H,2-14H2,1H3. The Morgan fingerprint density at radius 3 is 2.55 bits per heavy atom. The lowest BCUT2D eigenvalue weighted by molar-refractivity contribution is -0.0704. The van der Waals surface area contributed by atoms with Crippen LogP contribution in [0.3, 0.4) is 0 Å². The van der Waals surface area contributed by atoms with E-state index in [1.165, 1.54) is 83.5 Å². The van der Waals surface area contributed by atoms with E-state index in [0.29, 0.717) is 11.7 Å². The molecule has 1 saturated heterocycles. The highest BCUT2D eigenvalue weighted by molar-refractivity contribution is 4.92. The molecule has 3 unspecified atom stereocenters. The van der Waals surface area contributed by atoms with Gasteiger partial charge in [-0.05, 0) is 57.9 Å². The minimum Gasteiger partial charge on any atom is -0.372 e. The van der Waals surface area contributed by atoms with Gasteiger partial charge in [0.25, 0.3) is 0 Å². The second-order valence-corrected chi connectivity index (χ2v) is 7.63. The second kappa shape index (κ2) is 6.79. The molecule has 0 aromatic carbocycles. The third kappa shape index (κ3) is 3.57. The summed E-state index contributed by atoms with van der Waals surface area (Å²) < 4.78 is 6.58. The van der Waals surface area contributed by atoms with Crippen LogP contribution in [-0.2, 0) is 4.74 Å². The number of hydrogen-bond donors (Lipinski definition) is 1. The highest BCUT2D eigenvalue weighted by Crippen LogP contribution is 2.44. The molecule has 0 amide bonds. The van der Waals surface area contributed by atoms with Crippen LogP contribution < -0.4 is 5.32 Å². The molecule has 3 rings (SSSR count). The molecule has 2 saturated carbocycles. The van der Waals surface area contributed by atoms with Crippen LogP contribution in [0.1, 0.15) is 83.5 Å². The van der Waals surface area contributed by atoms with E-state index in [4.69, 9.17) is 4.74 Å². The van der Waals surface area contributed by atoms with Gasteiger partial charge in [0, 0.05) is 6.04 Å². The Morgan fingerprint density at radius 1 is 0.950 bits per heavy atom. The van der Waals surface area contributed by atoms with Gasteiger partial charge in [-0.15, -0.1) is 0 Å². The molecule has 0 bridgehead atoms. The van der Waals surface area contributed by atoms with Crippen LogP contribution in [0.5, 0.6) is 0 Å². The van der Waals surface area contributed by atoms with E-state index in [1.807, 2.05) is 0 Å². The highest BCUT2D eigenvalue weighted by Gasteiger charge is 2.41. The molecule has 1 spiro atoms. The van der Waals surface area contributed by atoms with Crippen molar-refractivity contribution in [3.05, 3.63) is 0 Å². The first-order valence-electron chi connectivity index (χ1n) is 9.15. The van der Waals surface area contributed by atoms with Gasteiger partial charge in [-0.1, -0.05) is 38.5 Å². The summed E-state index contributed by atoms with van der Waals surface area (Å²) in [5.41, 5.74) is 0.316. The largest absolute Gasteiger partial charge is 0.372 e. The predicted octanol–water partition coefficient (Wildman–Crippen LogP) is 4.43. The van der Waals surface area contributed by atoms with Gasteiger partial charge in [-0.2, -0.15) is 0 Å². The van der Waals surface area contributed by atoms with E-state index in [0.717, 1.165) is 12.0 Å². The molecule has 20 heavy (non-hydrogen) atoms. The molecule has 1 heterocycles. The van der Waals surface area contributed by atoms with Gasteiger partial charge in [0.2, 0.25) is 0 Å². The monoisotopic (exact) mass is 279 g/mol. The predicted molar refractivity (Wildman–Crippen MR) is 84.0 cm³/mol. The third-order valence-corrected chi connectivity index (χ3v) is 6.14. The molecule has 1 aliphatic heterocycles. The Hall–Kier alpha value is -0.0800. The van der Waals surface area contributed by atoms with Gasteiger partial charge in [0.1, 0.15) is 0 Å². The van der Waals surface area contributed by atoms with E-state index in [2.05, 4.69) is 12.4 Å². The van der Waals surface area contributed by atoms with Crippen molar-refractivity contribution in [2.75, 3.05) is 7.05 Å². The lowest BCUT2D eigenvalue weighted by Crippen LogP contribution is -2.32. The van der Waals surface area contributed by atoms with Gasteiger partial charge in [0.15, 0.2) is 0 Å². The zero-order valence-electron chi connectivity index (χ0n) is 13.3. The molecule has 116 valence electrons. The zero-order valence-corrected chi connectivity index (χ0v) is 13.3. The topological polar surface area (TPSA) is 21.3 Å². The van der Waals surface area contributed by atoms with Crippen molar-refractivity contribution in [3.63, 3.8) is 0 Å². The zero-order chi connectivity index (χ0) is 13.8. The van der Waals surface area contributed by atoms with Crippen LogP contribution in [-0.4, -0.2) is 24.8 Å². The minimum absolute atomic E-state index is 0.316. The van der Waals surface area contributed by atoms with Gasteiger partial charge >= 0.3 is 0 Å². The van der Waals surface area contributed by atoms with E-state index < -0.39 is 0 Å². The van der Waals surface area contributed by atoms with Gasteiger partial charge in [0.05, 0.1) is 11.7 Å². The van der Waals surface area contributed by atoms with E-state index >= 15 is 0 Å². The van der Waals surface area contributed by atoms with Crippen LogP contribution in [0.15, 0.2) is 0 Å². The molecule has 0 radical (unpaired) electrons. The number of nitrogens with one attached hydrogen (secondary N) is 1. The van der Waals surface area contributed by atoms with Crippen molar-refractivity contribution >= 4 is 0 Å². The Labute approximate surface area is 125 Å². The summed E-state index contributed by atoms with van der Waals surface area (Å²) in [5, 5.41) is 3.51. The summed E-state index contributed by atoms with van der Waals surface area (Å²) in [6.45, 7) is 0. The van der Waals surface area contributed by atoms with E-state index in [9.17, 15) is 0 Å². The summed E-state index contributed by atoms with van der Waals surface area (Å²) in [5.74, 6) is 0.902. The molecule has 3 aliphatic rings. The first kappa shape index (κ1) is 14.8. The Kier molecular flexibility index (Phi) is 5.04. The van der Waals surface area contributed by atoms with Gasteiger partial charge < -0.3 is 10.1 Å². The van der Waals surface area contributed by atoms with Crippen LogP contribution >= 0.6 is 0 Å². The van der Waals surface area contributed by atoms with Gasteiger partial charge in [-0.25, -0.2) is 0 Å².